The average molecular weight is 489 g/mol. The number of para-hydroxylation sites is 1. The van der Waals surface area contributed by atoms with Crippen LogP contribution in [0.3, 0.4) is 0 Å². The number of halogens is 4. The van der Waals surface area contributed by atoms with Gasteiger partial charge in [0, 0.05) is 35.8 Å². The van der Waals surface area contributed by atoms with Crippen LogP contribution < -0.4 is 5.32 Å². The fraction of sp³-hybridized carbons (Fsp3) is 0.192. The van der Waals surface area contributed by atoms with Crippen LogP contribution in [-0.2, 0) is 28.8 Å². The zero-order valence-corrected chi connectivity index (χ0v) is 19.2. The van der Waals surface area contributed by atoms with E-state index in [1.807, 2.05) is 60.8 Å². The van der Waals surface area contributed by atoms with Crippen LogP contribution in [0.4, 0.5) is 13.2 Å². The van der Waals surface area contributed by atoms with Gasteiger partial charge in [0.25, 0.3) is 0 Å². The number of aromatic nitrogens is 1. The van der Waals surface area contributed by atoms with Crippen LogP contribution in [0.5, 0.6) is 0 Å². The van der Waals surface area contributed by atoms with Gasteiger partial charge in [-0.25, -0.2) is 4.79 Å². The number of nitrogens with zero attached hydrogens (tertiary/aromatic N) is 1. The Bertz CT molecular complexity index is 1260. The monoisotopic (exact) mass is 488 g/mol. The molecule has 0 radical (unpaired) electrons. The molecule has 0 bridgehead atoms. The number of alkyl halides is 3. The highest BCUT2D eigenvalue weighted by Gasteiger charge is 2.30. The zero-order valence-electron chi connectivity index (χ0n) is 18.4. The van der Waals surface area contributed by atoms with Gasteiger partial charge in [0.15, 0.2) is 0 Å². The molecule has 0 spiro atoms. The first-order valence-corrected chi connectivity index (χ1v) is 10.5. The van der Waals surface area contributed by atoms with Gasteiger partial charge in [-0.1, -0.05) is 66.7 Å². The van der Waals surface area contributed by atoms with E-state index in [2.05, 4.69) is 9.88 Å². The van der Waals surface area contributed by atoms with Crippen LogP contribution in [0.25, 0.3) is 10.9 Å². The van der Waals surface area contributed by atoms with Gasteiger partial charge in [0.05, 0.1) is 12.7 Å². The lowest BCUT2D eigenvalue weighted by Gasteiger charge is -2.17. The molecule has 1 N–H and O–H groups in total. The van der Waals surface area contributed by atoms with E-state index >= 15 is 0 Å². The minimum Gasteiger partial charge on any atom is -0.468 e. The van der Waals surface area contributed by atoms with Crippen LogP contribution in [0.15, 0.2) is 85.1 Å². The Kier molecular flexibility index (Phi) is 8.02. The third-order valence-electron chi connectivity index (χ3n) is 5.53. The van der Waals surface area contributed by atoms with Crippen molar-refractivity contribution in [3.05, 3.63) is 107 Å². The molecule has 0 saturated heterocycles. The molecule has 0 aliphatic carbocycles. The van der Waals surface area contributed by atoms with Crippen molar-refractivity contribution >= 4 is 29.3 Å². The van der Waals surface area contributed by atoms with E-state index in [9.17, 15) is 18.0 Å². The second-order valence-electron chi connectivity index (χ2n) is 7.75. The number of hydrogen-bond acceptors (Lipinski definition) is 3. The molecule has 0 saturated carbocycles. The third-order valence-corrected chi connectivity index (χ3v) is 5.53. The Morgan fingerprint density at radius 3 is 2.35 bits per heavy atom. The number of carbonyl (C=O) groups is 1. The minimum atomic E-state index is -4.43. The molecule has 8 heteroatoms. The Morgan fingerprint density at radius 2 is 1.65 bits per heavy atom. The number of rotatable bonds is 7. The van der Waals surface area contributed by atoms with E-state index in [0.29, 0.717) is 17.7 Å². The van der Waals surface area contributed by atoms with Gasteiger partial charge in [0.2, 0.25) is 0 Å². The standard InChI is InChI=1S/C26H23F3N2O2.ClH/c1-33-25(32)24(30-15-19-10-7-11-20(14-19)26(27,28)29)22-17-31(16-18-8-3-2-4-9-18)23-13-6-5-12-21(22)23;/h2-14,17,24,30H,15-16H2,1H3;1H. The normalized spacial score (nSPS) is 12.2. The molecule has 1 aromatic heterocycles. The summed E-state index contributed by atoms with van der Waals surface area (Å²) < 4.78 is 46.3. The molecule has 4 aromatic rings. The van der Waals surface area contributed by atoms with Crippen molar-refractivity contribution in [3.63, 3.8) is 0 Å². The summed E-state index contributed by atoms with van der Waals surface area (Å²) in [5, 5.41) is 3.97. The fourth-order valence-corrected chi connectivity index (χ4v) is 3.93. The summed E-state index contributed by atoms with van der Waals surface area (Å²) in [6.07, 6.45) is -2.53. The summed E-state index contributed by atoms with van der Waals surface area (Å²) in [4.78, 5) is 12.7. The molecule has 178 valence electrons. The van der Waals surface area contributed by atoms with Gasteiger partial charge >= 0.3 is 12.1 Å². The Labute approximate surface area is 201 Å². The first-order valence-electron chi connectivity index (χ1n) is 10.5. The highest BCUT2D eigenvalue weighted by atomic mass is 35.5. The van der Waals surface area contributed by atoms with E-state index in [0.717, 1.165) is 28.6 Å². The predicted molar refractivity (Wildman–Crippen MR) is 128 cm³/mol. The molecular formula is C26H24ClF3N2O2. The van der Waals surface area contributed by atoms with E-state index in [4.69, 9.17) is 4.74 Å². The van der Waals surface area contributed by atoms with Crippen LogP contribution >= 0.6 is 12.4 Å². The first-order chi connectivity index (χ1) is 15.9. The zero-order chi connectivity index (χ0) is 23.4. The van der Waals surface area contributed by atoms with E-state index in [1.54, 1.807) is 6.07 Å². The van der Waals surface area contributed by atoms with Crippen molar-refractivity contribution in [2.75, 3.05) is 7.11 Å². The summed E-state index contributed by atoms with van der Waals surface area (Å²) in [7, 11) is 1.30. The lowest BCUT2D eigenvalue weighted by atomic mass is 10.0. The summed E-state index contributed by atoms with van der Waals surface area (Å²) in [5.41, 5.74) is 2.46. The summed E-state index contributed by atoms with van der Waals surface area (Å²) >= 11 is 0. The van der Waals surface area contributed by atoms with Crippen molar-refractivity contribution in [1.82, 2.24) is 9.88 Å². The molecule has 0 aliphatic rings. The van der Waals surface area contributed by atoms with Crippen molar-refractivity contribution in [3.8, 4) is 0 Å². The molecule has 4 rings (SSSR count). The lowest BCUT2D eigenvalue weighted by molar-refractivity contribution is -0.143. The molecule has 4 nitrogen and oxygen atoms in total. The minimum absolute atomic E-state index is 0. The van der Waals surface area contributed by atoms with Crippen LogP contribution in [0.1, 0.15) is 28.3 Å². The first kappa shape index (κ1) is 25.3. The van der Waals surface area contributed by atoms with Gasteiger partial charge in [0.1, 0.15) is 6.04 Å². The molecule has 1 atom stereocenters. The third kappa shape index (κ3) is 5.61. The lowest BCUT2D eigenvalue weighted by Crippen LogP contribution is -2.29. The van der Waals surface area contributed by atoms with Crippen molar-refractivity contribution in [2.45, 2.75) is 25.3 Å². The molecule has 0 aliphatic heterocycles. The quantitative estimate of drug-likeness (QED) is 0.318. The molecular weight excluding hydrogens is 465 g/mol. The van der Waals surface area contributed by atoms with Gasteiger partial charge in [-0.2, -0.15) is 13.2 Å². The van der Waals surface area contributed by atoms with E-state index < -0.39 is 23.8 Å². The smallest absolute Gasteiger partial charge is 0.416 e. The van der Waals surface area contributed by atoms with Crippen LogP contribution in [0, 0.1) is 0 Å². The SMILES string of the molecule is COC(=O)C(NCc1cccc(C(F)(F)F)c1)c1cn(Cc2ccccc2)c2ccccc12.Cl. The molecule has 0 fully saturated rings. The average Bonchev–Trinajstić information content (AvgIpc) is 3.17. The number of nitrogens with one attached hydrogen (secondary N) is 1. The summed E-state index contributed by atoms with van der Waals surface area (Å²) in [6, 6.07) is 21.9. The largest absolute Gasteiger partial charge is 0.468 e. The van der Waals surface area contributed by atoms with Crippen LogP contribution in [0.2, 0.25) is 0 Å². The Morgan fingerprint density at radius 1 is 0.971 bits per heavy atom. The number of carbonyl (C=O) groups excluding carboxylic acids is 1. The number of fused-ring (bicyclic) bond motifs is 1. The molecule has 1 heterocycles. The van der Waals surface area contributed by atoms with Crippen molar-refractivity contribution in [1.29, 1.82) is 0 Å². The highest BCUT2D eigenvalue weighted by molar-refractivity contribution is 5.90. The van der Waals surface area contributed by atoms with Gasteiger partial charge in [-0.3, -0.25) is 5.32 Å². The molecule has 34 heavy (non-hydrogen) atoms. The predicted octanol–water partition coefficient (Wildman–Crippen LogP) is 6.13. The maximum absolute atomic E-state index is 13.1. The fourth-order valence-electron chi connectivity index (χ4n) is 3.93. The second kappa shape index (κ2) is 10.8. The van der Waals surface area contributed by atoms with Gasteiger partial charge in [-0.05, 0) is 23.3 Å². The topological polar surface area (TPSA) is 43.3 Å². The maximum Gasteiger partial charge on any atom is 0.416 e. The maximum atomic E-state index is 13.1. The van der Waals surface area contributed by atoms with Gasteiger partial charge < -0.3 is 9.30 Å². The molecule has 1 unspecified atom stereocenters. The second-order valence-corrected chi connectivity index (χ2v) is 7.75. The van der Waals surface area contributed by atoms with E-state index in [-0.39, 0.29) is 19.0 Å². The summed E-state index contributed by atoms with van der Waals surface area (Å²) in [6.45, 7) is 0.685. The van der Waals surface area contributed by atoms with Crippen LogP contribution in [-0.4, -0.2) is 17.6 Å². The number of esters is 1. The Hall–Kier alpha value is -3.29. The molecule has 3 aromatic carbocycles. The molecule has 0 amide bonds. The van der Waals surface area contributed by atoms with Crippen molar-refractivity contribution < 1.29 is 22.7 Å². The van der Waals surface area contributed by atoms with Gasteiger partial charge in [-0.15, -0.1) is 12.4 Å². The van der Waals surface area contributed by atoms with Crippen molar-refractivity contribution in [2.24, 2.45) is 0 Å². The highest BCUT2D eigenvalue weighted by Crippen LogP contribution is 2.31. The summed E-state index contributed by atoms with van der Waals surface area (Å²) in [5.74, 6) is -0.510. The number of ether oxygens (including phenoxy) is 1. The Balaban J connectivity index is 0.00000324. The van der Waals surface area contributed by atoms with E-state index in [1.165, 1.54) is 13.2 Å². The number of methoxy groups -OCH3 is 1. The number of benzene rings is 3. The number of hydrogen-bond donors (Lipinski definition) is 1.